The van der Waals surface area contributed by atoms with Gasteiger partial charge in [-0.3, -0.25) is 4.79 Å². The van der Waals surface area contributed by atoms with Crippen LogP contribution in [0.15, 0.2) is 12.2 Å². The maximum Gasteiger partial charge on any atom is 0.164 e. The summed E-state index contributed by atoms with van der Waals surface area (Å²) < 4.78 is 0. The van der Waals surface area contributed by atoms with Crippen molar-refractivity contribution in [3.8, 4) is 0 Å². The number of ketones is 1. The van der Waals surface area contributed by atoms with Gasteiger partial charge in [0.15, 0.2) is 5.78 Å². The van der Waals surface area contributed by atoms with Gasteiger partial charge in [-0.05, 0) is 29.7 Å². The number of carbonyl (C=O) groups is 1. The minimum absolute atomic E-state index is 0.102. The Morgan fingerprint density at radius 3 is 2.25 bits per heavy atom. The van der Waals surface area contributed by atoms with Crippen LogP contribution in [0.5, 0.6) is 0 Å². The Bertz CT molecular complexity index is 275. The number of allylic oxidation sites excluding steroid dienone is 1. The van der Waals surface area contributed by atoms with Crippen LogP contribution in [0.1, 0.15) is 33.6 Å². The molecule has 0 aromatic carbocycles. The van der Waals surface area contributed by atoms with E-state index in [-0.39, 0.29) is 10.8 Å². The first kappa shape index (κ1) is 8.03. The molecule has 2 saturated carbocycles. The highest BCUT2D eigenvalue weighted by Crippen LogP contribution is 2.65. The van der Waals surface area contributed by atoms with E-state index in [1.807, 2.05) is 0 Å². The van der Waals surface area contributed by atoms with E-state index in [0.717, 1.165) is 18.4 Å². The lowest BCUT2D eigenvalue weighted by Gasteiger charge is -2.31. The van der Waals surface area contributed by atoms with Crippen LogP contribution in [-0.2, 0) is 4.79 Å². The molecule has 0 N–H and O–H groups in total. The zero-order valence-electron chi connectivity index (χ0n) is 8.11. The Kier molecular flexibility index (Phi) is 1.23. The maximum absolute atomic E-state index is 11.8. The molecule has 66 valence electrons. The molecule has 2 bridgehead atoms. The lowest BCUT2D eigenvalue weighted by molar-refractivity contribution is -0.125. The van der Waals surface area contributed by atoms with Gasteiger partial charge in [0.1, 0.15) is 0 Å². The van der Waals surface area contributed by atoms with Crippen LogP contribution in [0, 0.1) is 16.7 Å². The molecule has 2 unspecified atom stereocenters. The number of rotatable bonds is 0. The molecule has 12 heavy (non-hydrogen) atoms. The van der Waals surface area contributed by atoms with E-state index in [9.17, 15) is 4.79 Å². The number of Topliss-reactive ketones (excluding diaryl/α,β-unsaturated/α-hetero) is 1. The van der Waals surface area contributed by atoms with E-state index < -0.39 is 0 Å². The predicted octanol–water partition coefficient (Wildman–Crippen LogP) is 2.57. The molecule has 2 fully saturated rings. The summed E-state index contributed by atoms with van der Waals surface area (Å²) in [5.74, 6) is 0.777. The van der Waals surface area contributed by atoms with Gasteiger partial charge >= 0.3 is 0 Å². The molecule has 2 aliphatic rings. The van der Waals surface area contributed by atoms with Gasteiger partial charge in [0, 0.05) is 5.41 Å². The Morgan fingerprint density at radius 2 is 2.00 bits per heavy atom. The van der Waals surface area contributed by atoms with Crippen LogP contribution < -0.4 is 0 Å². The lowest BCUT2D eigenvalue weighted by Crippen LogP contribution is -2.32. The van der Waals surface area contributed by atoms with Gasteiger partial charge in [0.2, 0.25) is 0 Å². The van der Waals surface area contributed by atoms with Crippen molar-refractivity contribution in [2.24, 2.45) is 16.7 Å². The zero-order chi connectivity index (χ0) is 9.15. The first-order valence-corrected chi connectivity index (χ1v) is 4.65. The molecular formula is C11H16O. The van der Waals surface area contributed by atoms with Gasteiger partial charge in [-0.15, -0.1) is 0 Å². The first-order valence-electron chi connectivity index (χ1n) is 4.65. The van der Waals surface area contributed by atoms with Crippen molar-refractivity contribution in [1.82, 2.24) is 0 Å². The molecule has 0 amide bonds. The van der Waals surface area contributed by atoms with Gasteiger partial charge < -0.3 is 0 Å². The summed E-state index contributed by atoms with van der Waals surface area (Å²) in [6.07, 6.45) is 2.22. The van der Waals surface area contributed by atoms with Crippen LogP contribution in [0.25, 0.3) is 0 Å². The molecule has 0 aromatic heterocycles. The maximum atomic E-state index is 11.8. The van der Waals surface area contributed by atoms with Crippen LogP contribution in [0.4, 0.5) is 0 Å². The normalized spacial score (nSPS) is 44.1. The summed E-state index contributed by atoms with van der Waals surface area (Å²) in [4.78, 5) is 11.8. The summed E-state index contributed by atoms with van der Waals surface area (Å²) >= 11 is 0. The van der Waals surface area contributed by atoms with Crippen molar-refractivity contribution >= 4 is 5.78 Å². The quantitative estimate of drug-likeness (QED) is 0.503. The highest BCUT2D eigenvalue weighted by atomic mass is 16.1. The average Bonchev–Trinajstić information content (AvgIpc) is 2.26. The fraction of sp³-hybridized carbons (Fsp3) is 0.727. The number of hydrogen-bond acceptors (Lipinski definition) is 1. The summed E-state index contributed by atoms with van der Waals surface area (Å²) in [6.45, 7) is 10.4. The van der Waals surface area contributed by atoms with Crippen molar-refractivity contribution in [2.45, 2.75) is 33.6 Å². The number of hydrogen-bond donors (Lipinski definition) is 0. The van der Waals surface area contributed by atoms with E-state index in [1.165, 1.54) is 0 Å². The zero-order valence-corrected chi connectivity index (χ0v) is 8.11. The van der Waals surface area contributed by atoms with Crippen molar-refractivity contribution in [3.63, 3.8) is 0 Å². The Hall–Kier alpha value is -0.590. The monoisotopic (exact) mass is 164 g/mol. The second kappa shape index (κ2) is 1.84. The first-order chi connectivity index (χ1) is 5.41. The molecule has 2 atom stereocenters. The van der Waals surface area contributed by atoms with Crippen LogP contribution in [-0.4, -0.2) is 5.78 Å². The Morgan fingerprint density at radius 1 is 1.42 bits per heavy atom. The highest BCUT2D eigenvalue weighted by Gasteiger charge is 2.63. The second-order valence-corrected chi connectivity index (χ2v) is 5.00. The predicted molar refractivity (Wildman–Crippen MR) is 48.8 cm³/mol. The molecule has 0 aliphatic heterocycles. The molecule has 2 rings (SSSR count). The average molecular weight is 164 g/mol. The molecule has 0 aromatic rings. The fourth-order valence-electron chi connectivity index (χ4n) is 3.03. The Labute approximate surface area is 73.8 Å². The Balaban J connectivity index is 2.58. The van der Waals surface area contributed by atoms with E-state index in [1.54, 1.807) is 0 Å². The smallest absolute Gasteiger partial charge is 0.164 e. The molecule has 1 nitrogen and oxygen atoms in total. The third-order valence-electron chi connectivity index (χ3n) is 4.44. The molecule has 0 spiro atoms. The third kappa shape index (κ3) is 0.562. The summed E-state index contributed by atoms with van der Waals surface area (Å²) in [6, 6.07) is 0. The summed E-state index contributed by atoms with van der Waals surface area (Å²) in [7, 11) is 0. The minimum Gasteiger partial charge on any atom is -0.294 e. The van der Waals surface area contributed by atoms with E-state index >= 15 is 0 Å². The SMILES string of the molecule is C=C1C(=O)C2(C)CCC1C2(C)C. The van der Waals surface area contributed by atoms with Crippen LogP contribution >= 0.6 is 0 Å². The van der Waals surface area contributed by atoms with Gasteiger partial charge in [0.25, 0.3) is 0 Å². The third-order valence-corrected chi connectivity index (χ3v) is 4.44. The van der Waals surface area contributed by atoms with Crippen molar-refractivity contribution in [1.29, 1.82) is 0 Å². The lowest BCUT2D eigenvalue weighted by atomic mass is 9.70. The van der Waals surface area contributed by atoms with Crippen molar-refractivity contribution in [2.75, 3.05) is 0 Å². The van der Waals surface area contributed by atoms with Gasteiger partial charge in [-0.1, -0.05) is 27.4 Å². The molecule has 0 saturated heterocycles. The van der Waals surface area contributed by atoms with Crippen molar-refractivity contribution in [3.05, 3.63) is 12.2 Å². The molecule has 0 heterocycles. The van der Waals surface area contributed by atoms with Crippen LogP contribution in [0.3, 0.4) is 0 Å². The van der Waals surface area contributed by atoms with Crippen LogP contribution in [0.2, 0.25) is 0 Å². The topological polar surface area (TPSA) is 17.1 Å². The van der Waals surface area contributed by atoms with Crippen molar-refractivity contribution < 1.29 is 4.79 Å². The standard InChI is InChI=1S/C11H16O/c1-7-8-5-6-11(4,9(7)12)10(8,2)3/h8H,1,5-6H2,2-4H3. The molecular weight excluding hydrogens is 148 g/mol. The summed E-state index contributed by atoms with van der Waals surface area (Å²) in [5.41, 5.74) is 0.935. The van der Waals surface area contributed by atoms with E-state index in [2.05, 4.69) is 27.4 Å². The van der Waals surface area contributed by atoms with E-state index in [0.29, 0.717) is 11.7 Å². The van der Waals surface area contributed by atoms with Gasteiger partial charge in [0.05, 0.1) is 0 Å². The number of fused-ring (bicyclic) bond motifs is 2. The summed E-state index contributed by atoms with van der Waals surface area (Å²) in [5, 5.41) is 0. The molecule has 0 radical (unpaired) electrons. The number of carbonyl (C=O) groups excluding carboxylic acids is 1. The van der Waals surface area contributed by atoms with Gasteiger partial charge in [-0.2, -0.15) is 0 Å². The molecule has 1 heteroatoms. The molecule has 2 aliphatic carbocycles. The second-order valence-electron chi connectivity index (χ2n) is 5.00. The van der Waals surface area contributed by atoms with E-state index in [4.69, 9.17) is 0 Å². The minimum atomic E-state index is -0.102. The highest BCUT2D eigenvalue weighted by molar-refractivity contribution is 6.04. The fourth-order valence-corrected chi connectivity index (χ4v) is 3.03. The largest absolute Gasteiger partial charge is 0.294 e. The van der Waals surface area contributed by atoms with Gasteiger partial charge in [-0.25, -0.2) is 0 Å².